The number of nitrogens with zero attached hydrogens (tertiary/aromatic N) is 3. The van der Waals surface area contributed by atoms with Gasteiger partial charge >= 0.3 is 0 Å². The average Bonchev–Trinajstić information content (AvgIpc) is 3.49. The Morgan fingerprint density at radius 2 is 1.85 bits per heavy atom. The Morgan fingerprint density at radius 3 is 2.64 bits per heavy atom. The van der Waals surface area contributed by atoms with E-state index in [9.17, 15) is 9.18 Å². The molecule has 0 radical (unpaired) electrons. The van der Waals surface area contributed by atoms with E-state index in [0.29, 0.717) is 25.3 Å². The highest BCUT2D eigenvalue weighted by Crippen LogP contribution is 2.35. The van der Waals surface area contributed by atoms with Gasteiger partial charge in [-0.3, -0.25) is 4.79 Å². The number of halogens is 1. The minimum absolute atomic E-state index is 0.00884. The van der Waals surface area contributed by atoms with Crippen molar-refractivity contribution in [2.45, 2.75) is 18.2 Å². The van der Waals surface area contributed by atoms with Gasteiger partial charge in [-0.15, -0.1) is 5.10 Å². The number of carbonyl (C=O) groups excluding carboxylic acids is 1. The average molecular weight is 500 g/mol. The van der Waals surface area contributed by atoms with Gasteiger partial charge in [0.1, 0.15) is 5.82 Å². The molecular weight excluding hydrogens is 481 g/mol. The topological polar surface area (TPSA) is 58.3 Å². The maximum absolute atomic E-state index is 13.2. The summed E-state index contributed by atoms with van der Waals surface area (Å²) < 4.78 is 28.9. The van der Waals surface area contributed by atoms with Crippen LogP contribution in [0.3, 0.4) is 0 Å². The normalized spacial score (nSPS) is 12.3. The number of aromatic nitrogens is 3. The molecule has 6 nitrogen and oxygen atoms in total. The van der Waals surface area contributed by atoms with Crippen LogP contribution in [0.2, 0.25) is 0 Å². The second-order valence-corrected chi connectivity index (χ2v) is 10.2. The van der Waals surface area contributed by atoms with Crippen LogP contribution in [0.15, 0.2) is 52.9 Å². The van der Waals surface area contributed by atoms with Crippen LogP contribution >= 0.6 is 35.3 Å². The van der Waals surface area contributed by atoms with E-state index in [1.807, 2.05) is 42.7 Å². The van der Waals surface area contributed by atoms with E-state index >= 15 is 0 Å². The summed E-state index contributed by atoms with van der Waals surface area (Å²) in [4.78, 5) is 13.0. The second-order valence-electron chi connectivity index (χ2n) is 7.39. The smallest absolute Gasteiger partial charge is 0.231 e. The summed E-state index contributed by atoms with van der Waals surface area (Å²) >= 11 is 8.06. The van der Waals surface area contributed by atoms with Crippen molar-refractivity contribution < 1.29 is 18.7 Å². The Kier molecular flexibility index (Phi) is 5.81. The minimum Gasteiger partial charge on any atom is -0.454 e. The van der Waals surface area contributed by atoms with Crippen molar-refractivity contribution in [3.63, 3.8) is 0 Å². The van der Waals surface area contributed by atoms with Crippen LogP contribution in [0.1, 0.15) is 21.7 Å². The number of carbonyl (C=O) groups is 1. The largest absolute Gasteiger partial charge is 0.454 e. The highest BCUT2D eigenvalue weighted by molar-refractivity contribution is 8.01. The summed E-state index contributed by atoms with van der Waals surface area (Å²) in [6, 6.07) is 13.6. The molecule has 33 heavy (non-hydrogen) atoms. The van der Waals surface area contributed by atoms with E-state index in [2.05, 4.69) is 5.10 Å². The van der Waals surface area contributed by atoms with Crippen LogP contribution in [0.5, 0.6) is 11.5 Å². The van der Waals surface area contributed by atoms with Crippen molar-refractivity contribution in [2.75, 3.05) is 12.5 Å². The Labute approximate surface area is 202 Å². The molecule has 0 unspecified atom stereocenters. The van der Waals surface area contributed by atoms with Crippen molar-refractivity contribution in [3.8, 4) is 22.9 Å². The third-order valence-electron chi connectivity index (χ3n) is 5.27. The number of Topliss-reactive ketones (excluding diaryl/α,β-unsaturated/α-hetero) is 1. The van der Waals surface area contributed by atoms with Gasteiger partial charge in [-0.25, -0.2) is 9.07 Å². The first-order valence-corrected chi connectivity index (χ1v) is 12.2. The van der Waals surface area contributed by atoms with Gasteiger partial charge in [-0.1, -0.05) is 23.1 Å². The molecule has 1 aliphatic heterocycles. The highest BCUT2D eigenvalue weighted by atomic mass is 32.2. The molecule has 1 aliphatic rings. The summed E-state index contributed by atoms with van der Waals surface area (Å²) in [6.45, 7) is 4.12. The lowest BCUT2D eigenvalue weighted by Gasteiger charge is -2.10. The molecule has 0 spiro atoms. The molecule has 168 valence electrons. The molecule has 4 aromatic rings. The van der Waals surface area contributed by atoms with E-state index in [4.69, 9.17) is 21.7 Å². The number of hydrogen-bond acceptors (Lipinski definition) is 7. The Morgan fingerprint density at radius 1 is 1.12 bits per heavy atom. The van der Waals surface area contributed by atoms with Gasteiger partial charge in [0.05, 0.1) is 11.4 Å². The predicted octanol–water partition coefficient (Wildman–Crippen LogP) is 5.91. The summed E-state index contributed by atoms with van der Waals surface area (Å²) in [5, 5.41) is 4.49. The molecule has 5 rings (SSSR count). The zero-order valence-corrected chi connectivity index (χ0v) is 20.2. The van der Waals surface area contributed by atoms with Gasteiger partial charge < -0.3 is 14.0 Å². The summed E-state index contributed by atoms with van der Waals surface area (Å²) in [6.07, 6.45) is 0. The van der Waals surface area contributed by atoms with Crippen LogP contribution in [-0.2, 0) is 0 Å². The molecule has 2 aromatic carbocycles. The van der Waals surface area contributed by atoms with Gasteiger partial charge in [-0.05, 0) is 68.5 Å². The number of benzene rings is 2. The van der Waals surface area contributed by atoms with Crippen LogP contribution in [0.25, 0.3) is 11.4 Å². The number of aryl methyl sites for hydroxylation is 1. The Hall–Kier alpha value is -2.95. The van der Waals surface area contributed by atoms with E-state index < -0.39 is 0 Å². The van der Waals surface area contributed by atoms with Gasteiger partial charge in [0.2, 0.25) is 6.79 Å². The van der Waals surface area contributed by atoms with E-state index in [1.165, 1.54) is 35.2 Å². The number of thioether (sulfide) groups is 1. The lowest BCUT2D eigenvalue weighted by molar-refractivity contribution is 0.102. The molecule has 0 amide bonds. The first-order valence-electron chi connectivity index (χ1n) is 10.0. The molecule has 0 saturated carbocycles. The van der Waals surface area contributed by atoms with Gasteiger partial charge in [0, 0.05) is 28.7 Å². The van der Waals surface area contributed by atoms with Crippen LogP contribution in [0, 0.1) is 23.6 Å². The lowest BCUT2D eigenvalue weighted by atomic mass is 10.2. The van der Waals surface area contributed by atoms with Crippen molar-refractivity contribution in [1.82, 2.24) is 14.3 Å². The number of fused-ring (bicyclic) bond motifs is 1. The standard InChI is InChI=1S/C23H18FN3O3S3/c1-13-9-18(14(2)26(13)17-7-8-20-21(10-17)30-12-29-20)19(28)11-32-22-25-27(23(31)33-22)16-5-3-15(24)4-6-16/h3-10H,11-12H2,1-2H3. The zero-order chi connectivity index (χ0) is 23.1. The molecule has 0 bridgehead atoms. The first-order chi connectivity index (χ1) is 15.9. The number of ether oxygens (including phenoxy) is 2. The summed E-state index contributed by atoms with van der Waals surface area (Å²) in [5.74, 6) is 1.34. The Balaban J connectivity index is 1.34. The number of rotatable bonds is 6. The van der Waals surface area contributed by atoms with E-state index in [-0.39, 0.29) is 24.1 Å². The van der Waals surface area contributed by atoms with E-state index in [0.717, 1.165) is 22.8 Å². The molecule has 0 aliphatic carbocycles. The van der Waals surface area contributed by atoms with Crippen LogP contribution in [-0.4, -0.2) is 32.7 Å². The lowest BCUT2D eigenvalue weighted by Crippen LogP contribution is -2.05. The fourth-order valence-corrected chi connectivity index (χ4v) is 5.98. The molecule has 0 N–H and O–H groups in total. The summed E-state index contributed by atoms with van der Waals surface area (Å²) in [7, 11) is 0. The van der Waals surface area contributed by atoms with Gasteiger partial charge in [-0.2, -0.15) is 0 Å². The molecule has 0 atom stereocenters. The van der Waals surface area contributed by atoms with Crippen molar-refractivity contribution in [3.05, 3.63) is 75.3 Å². The maximum Gasteiger partial charge on any atom is 0.231 e. The zero-order valence-electron chi connectivity index (χ0n) is 17.7. The van der Waals surface area contributed by atoms with Crippen LogP contribution in [0.4, 0.5) is 4.39 Å². The molecule has 0 fully saturated rings. The first kappa shape index (κ1) is 21.9. The molecule has 3 heterocycles. The molecule has 2 aromatic heterocycles. The fourth-order valence-electron chi connectivity index (χ4n) is 3.74. The molecule has 10 heteroatoms. The maximum atomic E-state index is 13.2. The van der Waals surface area contributed by atoms with E-state index in [1.54, 1.807) is 16.8 Å². The van der Waals surface area contributed by atoms with Crippen molar-refractivity contribution in [2.24, 2.45) is 0 Å². The third-order valence-corrected chi connectivity index (χ3v) is 7.64. The van der Waals surface area contributed by atoms with Crippen molar-refractivity contribution >= 4 is 41.1 Å². The highest BCUT2D eigenvalue weighted by Gasteiger charge is 2.20. The van der Waals surface area contributed by atoms with Crippen molar-refractivity contribution in [1.29, 1.82) is 0 Å². The van der Waals surface area contributed by atoms with Crippen LogP contribution < -0.4 is 9.47 Å². The number of ketones is 1. The fraction of sp³-hybridized carbons (Fsp3) is 0.174. The quantitative estimate of drug-likeness (QED) is 0.187. The van der Waals surface area contributed by atoms with Gasteiger partial charge in [0.25, 0.3) is 0 Å². The monoisotopic (exact) mass is 499 g/mol. The SMILES string of the molecule is Cc1cc(C(=O)CSc2nn(-c3ccc(F)cc3)c(=S)s2)c(C)n1-c1ccc2c(c1)OCO2. The van der Waals surface area contributed by atoms with Gasteiger partial charge in [0.15, 0.2) is 25.6 Å². The second kappa shape index (κ2) is 8.77. The third kappa shape index (κ3) is 4.21. The Bertz CT molecular complexity index is 1420. The predicted molar refractivity (Wildman–Crippen MR) is 129 cm³/mol. The molecule has 0 saturated heterocycles. The minimum atomic E-state index is -0.320. The summed E-state index contributed by atoms with van der Waals surface area (Å²) in [5.41, 5.74) is 4.08. The molecular formula is C23H18FN3O3S3. The number of hydrogen-bond donors (Lipinski definition) is 0.